The van der Waals surface area contributed by atoms with Crippen LogP contribution in [0.3, 0.4) is 0 Å². The van der Waals surface area contributed by atoms with Gasteiger partial charge in [0.25, 0.3) is 0 Å². The molecule has 0 spiro atoms. The summed E-state index contributed by atoms with van der Waals surface area (Å²) in [5, 5.41) is 6.53. The van der Waals surface area contributed by atoms with Gasteiger partial charge in [0.05, 0.1) is 0 Å². The minimum absolute atomic E-state index is 0.0144. The van der Waals surface area contributed by atoms with Crippen molar-refractivity contribution in [3.63, 3.8) is 0 Å². The van der Waals surface area contributed by atoms with E-state index in [0.29, 0.717) is 12.0 Å². The molecule has 2 fully saturated rings. The second-order valence-corrected chi connectivity index (χ2v) is 8.87. The maximum atomic E-state index is 12.7. The number of pyridine rings is 1. The summed E-state index contributed by atoms with van der Waals surface area (Å²) in [6.45, 7) is 4.27. The molecule has 2 aliphatic rings. The summed E-state index contributed by atoms with van der Waals surface area (Å²) < 4.78 is 0. The number of aromatic nitrogens is 1. The van der Waals surface area contributed by atoms with Crippen LogP contribution < -0.4 is 10.6 Å². The fraction of sp³-hybridized carbons (Fsp3) is 0.520. The van der Waals surface area contributed by atoms with E-state index in [-0.39, 0.29) is 18.1 Å². The molecule has 2 aromatic rings. The predicted octanol–water partition coefficient (Wildman–Crippen LogP) is 4.32. The molecule has 1 aromatic carbocycles. The third-order valence-electron chi connectivity index (χ3n) is 6.92. The van der Waals surface area contributed by atoms with Crippen LogP contribution >= 0.6 is 0 Å². The van der Waals surface area contributed by atoms with Crippen LogP contribution in [-0.2, 0) is 6.42 Å². The van der Waals surface area contributed by atoms with E-state index >= 15 is 0 Å². The lowest BCUT2D eigenvalue weighted by molar-refractivity contribution is 0.152. The Kier molecular flexibility index (Phi) is 7.00. The number of nitrogens with one attached hydrogen (secondary N) is 2. The molecule has 1 saturated carbocycles. The molecule has 5 heteroatoms. The standard InChI is InChI=1S/C25H34N4O/c1-19(21-10-14-26-15-11-21)29-16-12-23(13-17-29)27-25(30)28-24-9-5-8-22(24)18-20-6-3-2-4-7-20/h2-4,6-7,10-11,14-15,19,22-24H,5,8-9,12-13,16-18H2,1H3,(H2,27,28,30). The molecular weight excluding hydrogens is 372 g/mol. The summed E-state index contributed by atoms with van der Waals surface area (Å²) in [6, 6.07) is 15.8. The quantitative estimate of drug-likeness (QED) is 0.751. The fourth-order valence-corrected chi connectivity index (χ4v) is 5.07. The first-order chi connectivity index (χ1) is 14.7. The predicted molar refractivity (Wildman–Crippen MR) is 120 cm³/mol. The van der Waals surface area contributed by atoms with E-state index in [1.807, 2.05) is 12.4 Å². The topological polar surface area (TPSA) is 57.3 Å². The molecule has 4 rings (SSSR count). The summed E-state index contributed by atoms with van der Waals surface area (Å²) in [6.07, 6.45) is 10.3. The molecular formula is C25H34N4O. The Hall–Kier alpha value is -2.40. The molecule has 1 aliphatic heterocycles. The number of rotatable bonds is 6. The average molecular weight is 407 g/mol. The minimum atomic E-state index is 0.0144. The Bertz CT molecular complexity index is 789. The van der Waals surface area contributed by atoms with Crippen molar-refractivity contribution in [3.8, 4) is 0 Å². The van der Waals surface area contributed by atoms with Gasteiger partial charge < -0.3 is 10.6 Å². The molecule has 30 heavy (non-hydrogen) atoms. The summed E-state index contributed by atoms with van der Waals surface area (Å²) in [7, 11) is 0. The fourth-order valence-electron chi connectivity index (χ4n) is 5.07. The first-order valence-electron chi connectivity index (χ1n) is 11.4. The zero-order valence-corrected chi connectivity index (χ0v) is 18.0. The minimum Gasteiger partial charge on any atom is -0.335 e. The Morgan fingerprint density at radius 1 is 1.03 bits per heavy atom. The highest BCUT2D eigenvalue weighted by Crippen LogP contribution is 2.29. The van der Waals surface area contributed by atoms with E-state index in [1.165, 1.54) is 24.0 Å². The molecule has 1 saturated heterocycles. The average Bonchev–Trinajstić information content (AvgIpc) is 3.21. The molecule has 3 unspecified atom stereocenters. The molecule has 0 radical (unpaired) electrons. The normalized spacial score (nSPS) is 23.8. The second kappa shape index (κ2) is 10.1. The number of urea groups is 1. The summed E-state index contributed by atoms with van der Waals surface area (Å²) in [5.41, 5.74) is 2.67. The lowest BCUT2D eigenvalue weighted by atomic mass is 9.94. The van der Waals surface area contributed by atoms with Gasteiger partial charge in [-0.25, -0.2) is 4.79 Å². The number of carbonyl (C=O) groups excluding carboxylic acids is 1. The van der Waals surface area contributed by atoms with E-state index in [0.717, 1.165) is 38.8 Å². The highest BCUT2D eigenvalue weighted by atomic mass is 16.2. The molecule has 0 bridgehead atoms. The van der Waals surface area contributed by atoms with Gasteiger partial charge in [0.15, 0.2) is 0 Å². The zero-order chi connectivity index (χ0) is 20.8. The van der Waals surface area contributed by atoms with Crippen LogP contribution in [0.25, 0.3) is 0 Å². The van der Waals surface area contributed by atoms with Crippen LogP contribution in [0.15, 0.2) is 54.9 Å². The van der Waals surface area contributed by atoms with Crippen molar-refractivity contribution < 1.29 is 4.79 Å². The number of nitrogens with zero attached hydrogens (tertiary/aromatic N) is 2. The molecule has 1 aliphatic carbocycles. The Morgan fingerprint density at radius 3 is 2.50 bits per heavy atom. The SMILES string of the molecule is CC(c1ccncc1)N1CCC(NC(=O)NC2CCCC2Cc2ccccc2)CC1. The van der Waals surface area contributed by atoms with Crippen molar-refractivity contribution >= 4 is 6.03 Å². The number of likely N-dealkylation sites (tertiary alicyclic amines) is 1. The van der Waals surface area contributed by atoms with Gasteiger partial charge in [0.2, 0.25) is 0 Å². The molecule has 2 N–H and O–H groups in total. The van der Waals surface area contributed by atoms with Crippen LogP contribution in [0, 0.1) is 5.92 Å². The third-order valence-corrected chi connectivity index (χ3v) is 6.92. The number of piperidine rings is 1. The lowest BCUT2D eigenvalue weighted by Gasteiger charge is -2.36. The summed E-state index contributed by atoms with van der Waals surface area (Å²) >= 11 is 0. The van der Waals surface area contributed by atoms with Crippen molar-refractivity contribution in [2.24, 2.45) is 5.92 Å². The van der Waals surface area contributed by atoms with Crippen LogP contribution in [0.5, 0.6) is 0 Å². The molecule has 1 aromatic heterocycles. The van der Waals surface area contributed by atoms with E-state index in [1.54, 1.807) is 0 Å². The van der Waals surface area contributed by atoms with Gasteiger partial charge in [0, 0.05) is 43.6 Å². The largest absolute Gasteiger partial charge is 0.335 e. The Morgan fingerprint density at radius 2 is 1.77 bits per heavy atom. The van der Waals surface area contributed by atoms with Crippen molar-refractivity contribution in [1.82, 2.24) is 20.5 Å². The number of hydrogen-bond acceptors (Lipinski definition) is 3. The van der Waals surface area contributed by atoms with E-state index < -0.39 is 0 Å². The van der Waals surface area contributed by atoms with E-state index in [9.17, 15) is 4.79 Å². The van der Waals surface area contributed by atoms with Crippen LogP contribution in [0.1, 0.15) is 56.2 Å². The number of hydrogen-bond donors (Lipinski definition) is 2. The van der Waals surface area contributed by atoms with E-state index in [4.69, 9.17) is 0 Å². The molecule has 2 heterocycles. The second-order valence-electron chi connectivity index (χ2n) is 8.87. The highest BCUT2D eigenvalue weighted by Gasteiger charge is 2.30. The maximum absolute atomic E-state index is 12.7. The lowest BCUT2D eigenvalue weighted by Crippen LogP contribution is -2.51. The van der Waals surface area contributed by atoms with Gasteiger partial charge >= 0.3 is 6.03 Å². The molecule has 2 amide bonds. The first-order valence-corrected chi connectivity index (χ1v) is 11.4. The number of benzene rings is 1. The van der Waals surface area contributed by atoms with Crippen LogP contribution in [0.4, 0.5) is 4.79 Å². The van der Waals surface area contributed by atoms with Crippen molar-refractivity contribution in [2.75, 3.05) is 13.1 Å². The monoisotopic (exact) mass is 406 g/mol. The zero-order valence-electron chi connectivity index (χ0n) is 18.0. The van der Waals surface area contributed by atoms with Gasteiger partial charge in [-0.05, 0) is 68.2 Å². The number of carbonyl (C=O) groups is 1. The van der Waals surface area contributed by atoms with Crippen LogP contribution in [-0.4, -0.2) is 41.1 Å². The first kappa shape index (κ1) is 20.9. The van der Waals surface area contributed by atoms with Gasteiger partial charge in [-0.2, -0.15) is 0 Å². The smallest absolute Gasteiger partial charge is 0.315 e. The molecule has 3 atom stereocenters. The molecule has 160 valence electrons. The number of amides is 2. The van der Waals surface area contributed by atoms with Gasteiger partial charge in [0.1, 0.15) is 0 Å². The highest BCUT2D eigenvalue weighted by molar-refractivity contribution is 5.74. The third kappa shape index (κ3) is 5.39. The Balaban J connectivity index is 1.22. The van der Waals surface area contributed by atoms with Gasteiger partial charge in [-0.1, -0.05) is 36.8 Å². The summed E-state index contributed by atoms with van der Waals surface area (Å²) in [4.78, 5) is 19.3. The Labute approximate surface area is 180 Å². The molecule has 5 nitrogen and oxygen atoms in total. The summed E-state index contributed by atoms with van der Waals surface area (Å²) in [5.74, 6) is 0.543. The van der Waals surface area contributed by atoms with Gasteiger partial charge in [-0.3, -0.25) is 9.88 Å². The van der Waals surface area contributed by atoms with Crippen LogP contribution in [0.2, 0.25) is 0 Å². The van der Waals surface area contributed by atoms with Crippen molar-refractivity contribution in [3.05, 3.63) is 66.0 Å². The van der Waals surface area contributed by atoms with Gasteiger partial charge in [-0.15, -0.1) is 0 Å². The van der Waals surface area contributed by atoms with Crippen molar-refractivity contribution in [2.45, 2.75) is 63.6 Å². The van der Waals surface area contributed by atoms with Crippen molar-refractivity contribution in [1.29, 1.82) is 0 Å². The van der Waals surface area contributed by atoms with E-state index in [2.05, 4.69) is 69.9 Å². The maximum Gasteiger partial charge on any atom is 0.315 e.